The first-order valence-corrected chi connectivity index (χ1v) is 7.36. The maximum Gasteiger partial charge on any atom is 0.228 e. The summed E-state index contributed by atoms with van der Waals surface area (Å²) in [6, 6.07) is 7.71. The van der Waals surface area contributed by atoms with E-state index in [0.717, 1.165) is 16.3 Å². The third-order valence-electron chi connectivity index (χ3n) is 2.73. The molecule has 5 nitrogen and oxygen atoms in total. The lowest BCUT2D eigenvalue weighted by molar-refractivity contribution is -0.118. The molecule has 0 aliphatic heterocycles. The average Bonchev–Trinajstić information content (AvgIpc) is 2.93. The normalized spacial score (nSPS) is 11.0. The highest BCUT2D eigenvalue weighted by Crippen LogP contribution is 2.19. The van der Waals surface area contributed by atoms with E-state index >= 15 is 0 Å². The number of rotatable bonds is 5. The van der Waals surface area contributed by atoms with E-state index in [1.807, 2.05) is 50.3 Å². The molecule has 2 aromatic rings. The number of nitrogens with zero attached hydrogens (tertiary/aromatic N) is 2. The Balaban J connectivity index is 2.01. The zero-order valence-electron chi connectivity index (χ0n) is 12.2. The van der Waals surface area contributed by atoms with Gasteiger partial charge in [-0.3, -0.25) is 4.79 Å². The van der Waals surface area contributed by atoms with Crippen molar-refractivity contribution in [1.29, 1.82) is 0 Å². The fourth-order valence-corrected chi connectivity index (χ4v) is 2.13. The lowest BCUT2D eigenvalue weighted by Crippen LogP contribution is -2.17. The van der Waals surface area contributed by atoms with Gasteiger partial charge in [0.25, 0.3) is 0 Å². The summed E-state index contributed by atoms with van der Waals surface area (Å²) in [7, 11) is 1.64. The molecule has 0 saturated heterocycles. The van der Waals surface area contributed by atoms with E-state index < -0.39 is 0 Å². The van der Waals surface area contributed by atoms with E-state index in [0.29, 0.717) is 5.13 Å². The SMILES string of the molecule is COc1ccc(C=Cc2nnc(NC(=O)C(C)C)s2)cc1. The summed E-state index contributed by atoms with van der Waals surface area (Å²) in [5, 5.41) is 12.0. The summed E-state index contributed by atoms with van der Waals surface area (Å²) >= 11 is 1.34. The maximum absolute atomic E-state index is 11.6. The molecule has 0 unspecified atom stereocenters. The van der Waals surface area contributed by atoms with E-state index in [1.165, 1.54) is 11.3 Å². The van der Waals surface area contributed by atoms with E-state index in [2.05, 4.69) is 15.5 Å². The molecule has 0 aliphatic carbocycles. The van der Waals surface area contributed by atoms with Crippen LogP contribution >= 0.6 is 11.3 Å². The average molecular weight is 303 g/mol. The second-order valence-corrected chi connectivity index (χ2v) is 5.70. The zero-order chi connectivity index (χ0) is 15.2. The number of hydrogen-bond donors (Lipinski definition) is 1. The highest BCUT2D eigenvalue weighted by molar-refractivity contribution is 7.16. The molecule has 0 aliphatic rings. The minimum absolute atomic E-state index is 0.0585. The molecule has 1 amide bonds. The molecular formula is C15H17N3O2S. The molecule has 6 heteroatoms. The lowest BCUT2D eigenvalue weighted by Gasteiger charge is -2.02. The molecule has 110 valence electrons. The highest BCUT2D eigenvalue weighted by Gasteiger charge is 2.09. The van der Waals surface area contributed by atoms with Crippen molar-refractivity contribution in [2.24, 2.45) is 5.92 Å². The molecule has 2 rings (SSSR count). The predicted octanol–water partition coefficient (Wildman–Crippen LogP) is 3.31. The molecule has 0 atom stereocenters. The number of carbonyl (C=O) groups is 1. The van der Waals surface area contributed by atoms with Gasteiger partial charge in [0.1, 0.15) is 10.8 Å². The first kappa shape index (κ1) is 15.2. The Labute approximate surface area is 127 Å². The molecule has 0 radical (unpaired) electrons. The fraction of sp³-hybridized carbons (Fsp3) is 0.267. The summed E-state index contributed by atoms with van der Waals surface area (Å²) in [6.45, 7) is 3.67. The predicted molar refractivity (Wildman–Crippen MR) is 85.3 cm³/mol. The van der Waals surface area contributed by atoms with Crippen molar-refractivity contribution in [2.45, 2.75) is 13.8 Å². The van der Waals surface area contributed by atoms with Crippen LogP contribution in [0.5, 0.6) is 5.75 Å². The minimum atomic E-state index is -0.0767. The van der Waals surface area contributed by atoms with Crippen LogP contribution in [0.25, 0.3) is 12.2 Å². The van der Waals surface area contributed by atoms with Gasteiger partial charge < -0.3 is 10.1 Å². The number of anilines is 1. The largest absolute Gasteiger partial charge is 0.497 e. The van der Waals surface area contributed by atoms with Crippen LogP contribution in [0.3, 0.4) is 0 Å². The first-order chi connectivity index (χ1) is 10.1. The number of carbonyl (C=O) groups excluding carboxylic acids is 1. The molecule has 1 aromatic heterocycles. The first-order valence-electron chi connectivity index (χ1n) is 6.55. The van der Waals surface area contributed by atoms with Gasteiger partial charge in [-0.15, -0.1) is 10.2 Å². The van der Waals surface area contributed by atoms with Gasteiger partial charge in [-0.25, -0.2) is 0 Å². The molecule has 0 saturated carbocycles. The number of benzene rings is 1. The summed E-state index contributed by atoms with van der Waals surface area (Å²) in [4.78, 5) is 11.6. The van der Waals surface area contributed by atoms with Crippen LogP contribution in [-0.2, 0) is 4.79 Å². The van der Waals surface area contributed by atoms with Crippen LogP contribution in [0, 0.1) is 5.92 Å². The highest BCUT2D eigenvalue weighted by atomic mass is 32.1. The van der Waals surface area contributed by atoms with Gasteiger partial charge in [0.2, 0.25) is 11.0 Å². The Morgan fingerprint density at radius 2 is 1.95 bits per heavy atom. The van der Waals surface area contributed by atoms with Crippen molar-refractivity contribution in [2.75, 3.05) is 12.4 Å². The topological polar surface area (TPSA) is 64.1 Å². The van der Waals surface area contributed by atoms with Crippen LogP contribution in [-0.4, -0.2) is 23.2 Å². The van der Waals surface area contributed by atoms with Gasteiger partial charge in [0.05, 0.1) is 7.11 Å². The number of hydrogen-bond acceptors (Lipinski definition) is 5. The molecule has 1 aromatic carbocycles. The standard InChI is InChI=1S/C15H17N3O2S/c1-10(2)14(19)16-15-18-17-13(21-15)9-6-11-4-7-12(20-3)8-5-11/h4-10H,1-3H3,(H,16,18,19). The Kier molecular flexibility index (Phi) is 5.05. The van der Waals surface area contributed by atoms with Gasteiger partial charge >= 0.3 is 0 Å². The number of ether oxygens (including phenoxy) is 1. The Bertz CT molecular complexity index is 633. The van der Waals surface area contributed by atoms with Gasteiger partial charge in [0.15, 0.2) is 0 Å². The minimum Gasteiger partial charge on any atom is -0.497 e. The van der Waals surface area contributed by atoms with Crippen LogP contribution in [0.15, 0.2) is 24.3 Å². The van der Waals surface area contributed by atoms with Crippen molar-refractivity contribution in [3.63, 3.8) is 0 Å². The third kappa shape index (κ3) is 4.39. The molecular weight excluding hydrogens is 286 g/mol. The fourth-order valence-electron chi connectivity index (χ4n) is 1.48. The Morgan fingerprint density at radius 1 is 1.24 bits per heavy atom. The number of aromatic nitrogens is 2. The molecule has 0 fully saturated rings. The summed E-state index contributed by atoms with van der Waals surface area (Å²) in [6.07, 6.45) is 3.80. The molecule has 1 heterocycles. The van der Waals surface area contributed by atoms with Gasteiger partial charge in [-0.2, -0.15) is 0 Å². The second-order valence-electron chi connectivity index (χ2n) is 4.70. The van der Waals surface area contributed by atoms with Gasteiger partial charge in [-0.05, 0) is 23.8 Å². The molecule has 0 spiro atoms. The molecule has 21 heavy (non-hydrogen) atoms. The number of amides is 1. The van der Waals surface area contributed by atoms with E-state index in [-0.39, 0.29) is 11.8 Å². The van der Waals surface area contributed by atoms with Crippen LogP contribution < -0.4 is 10.1 Å². The summed E-state index contributed by atoms with van der Waals surface area (Å²) in [5.41, 5.74) is 1.04. The van der Waals surface area contributed by atoms with Crippen molar-refractivity contribution in [3.05, 3.63) is 34.8 Å². The van der Waals surface area contributed by atoms with Crippen LogP contribution in [0.2, 0.25) is 0 Å². The monoisotopic (exact) mass is 303 g/mol. The summed E-state index contributed by atoms with van der Waals surface area (Å²) in [5.74, 6) is 0.686. The van der Waals surface area contributed by atoms with Crippen molar-refractivity contribution >= 4 is 34.5 Å². The van der Waals surface area contributed by atoms with E-state index in [1.54, 1.807) is 7.11 Å². The van der Waals surface area contributed by atoms with Crippen LogP contribution in [0.4, 0.5) is 5.13 Å². The van der Waals surface area contributed by atoms with Crippen molar-refractivity contribution in [1.82, 2.24) is 10.2 Å². The molecule has 1 N–H and O–H groups in total. The third-order valence-corrected chi connectivity index (χ3v) is 3.53. The number of methoxy groups -OCH3 is 1. The zero-order valence-corrected chi connectivity index (χ0v) is 13.0. The Hall–Kier alpha value is -2.21. The van der Waals surface area contributed by atoms with Gasteiger partial charge in [-0.1, -0.05) is 43.4 Å². The van der Waals surface area contributed by atoms with Crippen LogP contribution in [0.1, 0.15) is 24.4 Å². The van der Waals surface area contributed by atoms with Crippen molar-refractivity contribution in [3.8, 4) is 5.75 Å². The Morgan fingerprint density at radius 3 is 2.57 bits per heavy atom. The smallest absolute Gasteiger partial charge is 0.228 e. The van der Waals surface area contributed by atoms with E-state index in [4.69, 9.17) is 4.74 Å². The van der Waals surface area contributed by atoms with E-state index in [9.17, 15) is 4.79 Å². The quantitative estimate of drug-likeness (QED) is 0.920. The second kappa shape index (κ2) is 6.99. The number of nitrogens with one attached hydrogen (secondary N) is 1. The van der Waals surface area contributed by atoms with Gasteiger partial charge in [0, 0.05) is 5.92 Å². The maximum atomic E-state index is 11.6. The van der Waals surface area contributed by atoms with Crippen molar-refractivity contribution < 1.29 is 9.53 Å². The summed E-state index contributed by atoms with van der Waals surface area (Å²) < 4.78 is 5.11. The molecule has 0 bridgehead atoms. The lowest BCUT2D eigenvalue weighted by atomic mass is 10.2.